The molecule has 0 aliphatic heterocycles. The Labute approximate surface area is 150 Å². The number of nitrogens with zero attached hydrogens (tertiary/aromatic N) is 6. The molecule has 25 heavy (non-hydrogen) atoms. The molecule has 0 atom stereocenters. The van der Waals surface area contributed by atoms with Crippen molar-refractivity contribution < 1.29 is 0 Å². The number of hydrogen-bond acceptors (Lipinski definition) is 3. The second-order valence-corrected chi connectivity index (χ2v) is 7.47. The fourth-order valence-electron chi connectivity index (χ4n) is 2.73. The summed E-state index contributed by atoms with van der Waals surface area (Å²) in [7, 11) is -0.243. The van der Waals surface area contributed by atoms with E-state index in [2.05, 4.69) is 59.7 Å². The van der Waals surface area contributed by atoms with Gasteiger partial charge in [0.25, 0.3) is 0 Å². The summed E-state index contributed by atoms with van der Waals surface area (Å²) in [5.41, 5.74) is 3.20. The van der Waals surface area contributed by atoms with Crippen LogP contribution in [0, 0.1) is 0 Å². The lowest BCUT2D eigenvalue weighted by Crippen LogP contribution is -2.43. The first-order valence-electron chi connectivity index (χ1n) is 9.02. The zero-order chi connectivity index (χ0) is 18.1. The molecular formula is C18H27BN6. The summed E-state index contributed by atoms with van der Waals surface area (Å²) in [6.07, 6.45) is 6.02. The molecule has 0 aromatic carbocycles. The lowest BCUT2D eigenvalue weighted by molar-refractivity contribution is 0.710. The highest BCUT2D eigenvalue weighted by atomic mass is 15.4. The lowest BCUT2D eigenvalue weighted by atomic mass is 9.96. The zero-order valence-electron chi connectivity index (χ0n) is 16.0. The summed E-state index contributed by atoms with van der Waals surface area (Å²) in [5.74, 6) is 1.15. The third kappa shape index (κ3) is 3.55. The van der Waals surface area contributed by atoms with Crippen molar-refractivity contribution in [1.29, 1.82) is 0 Å². The van der Waals surface area contributed by atoms with Crippen molar-refractivity contribution in [2.45, 2.75) is 59.3 Å². The van der Waals surface area contributed by atoms with Crippen molar-refractivity contribution in [1.82, 2.24) is 29.1 Å². The minimum atomic E-state index is -0.243. The second kappa shape index (κ2) is 6.90. The summed E-state index contributed by atoms with van der Waals surface area (Å²) in [4.78, 5) is 0. The zero-order valence-corrected chi connectivity index (χ0v) is 16.0. The summed E-state index contributed by atoms with van der Waals surface area (Å²) in [6.45, 7) is 12.9. The first-order chi connectivity index (χ1) is 11.9. The van der Waals surface area contributed by atoms with Gasteiger partial charge in [0, 0.05) is 18.6 Å². The summed E-state index contributed by atoms with van der Waals surface area (Å²) in [5, 5.41) is 14.3. The molecule has 3 heterocycles. The van der Waals surface area contributed by atoms with Crippen LogP contribution in [0.1, 0.15) is 76.4 Å². The Bertz CT molecular complexity index is 716. The minimum Gasteiger partial charge on any atom is -0.268 e. The van der Waals surface area contributed by atoms with Crippen LogP contribution in [0.25, 0.3) is 0 Å². The van der Waals surface area contributed by atoms with Crippen molar-refractivity contribution in [3.8, 4) is 0 Å². The van der Waals surface area contributed by atoms with Crippen LogP contribution in [-0.4, -0.2) is 36.2 Å². The molecule has 0 radical (unpaired) electrons. The van der Waals surface area contributed by atoms with E-state index in [0.717, 1.165) is 17.1 Å². The highest BCUT2D eigenvalue weighted by molar-refractivity contribution is 6.52. The van der Waals surface area contributed by atoms with Crippen LogP contribution in [-0.2, 0) is 0 Å². The SMILES string of the molecule is CC(C)c1ccn(B(n2ccc(C(C)C)n2)n2ccc(C(C)C)n2)n1. The molecule has 0 saturated carbocycles. The van der Waals surface area contributed by atoms with E-state index >= 15 is 0 Å². The van der Waals surface area contributed by atoms with E-state index < -0.39 is 0 Å². The number of rotatable bonds is 6. The number of aromatic nitrogens is 6. The highest BCUT2D eigenvalue weighted by Gasteiger charge is 2.28. The van der Waals surface area contributed by atoms with Crippen molar-refractivity contribution in [2.75, 3.05) is 0 Å². The molecule has 0 saturated heterocycles. The Hall–Kier alpha value is -2.31. The van der Waals surface area contributed by atoms with Crippen LogP contribution in [0.2, 0.25) is 0 Å². The minimum absolute atomic E-state index is 0.243. The highest BCUT2D eigenvalue weighted by Crippen LogP contribution is 2.15. The molecule has 7 heteroatoms. The van der Waals surface area contributed by atoms with Crippen LogP contribution < -0.4 is 0 Å². The smallest absolute Gasteiger partial charge is 0.268 e. The van der Waals surface area contributed by atoms with E-state index in [-0.39, 0.29) is 7.12 Å². The van der Waals surface area contributed by atoms with Gasteiger partial charge in [-0.2, -0.15) is 15.3 Å². The largest absolute Gasteiger partial charge is 0.568 e. The normalized spacial score (nSPS) is 11.9. The maximum absolute atomic E-state index is 4.77. The Morgan fingerprint density at radius 1 is 0.600 bits per heavy atom. The van der Waals surface area contributed by atoms with Crippen LogP contribution >= 0.6 is 0 Å². The van der Waals surface area contributed by atoms with Crippen LogP contribution in [0.5, 0.6) is 0 Å². The van der Waals surface area contributed by atoms with E-state index in [4.69, 9.17) is 15.3 Å². The van der Waals surface area contributed by atoms with E-state index in [1.807, 2.05) is 32.4 Å². The lowest BCUT2D eigenvalue weighted by Gasteiger charge is -2.14. The molecule has 0 aliphatic rings. The van der Waals surface area contributed by atoms with Crippen molar-refractivity contribution in [3.63, 3.8) is 0 Å². The van der Waals surface area contributed by atoms with Crippen molar-refractivity contribution in [2.24, 2.45) is 0 Å². The summed E-state index contributed by atoms with van der Waals surface area (Å²) >= 11 is 0. The van der Waals surface area contributed by atoms with Crippen molar-refractivity contribution >= 4 is 7.12 Å². The van der Waals surface area contributed by atoms with Gasteiger partial charge in [-0.1, -0.05) is 41.5 Å². The number of hydrogen-bond donors (Lipinski definition) is 0. The Morgan fingerprint density at radius 2 is 0.880 bits per heavy atom. The first-order valence-corrected chi connectivity index (χ1v) is 9.02. The van der Waals surface area contributed by atoms with Gasteiger partial charge >= 0.3 is 7.12 Å². The fourth-order valence-corrected chi connectivity index (χ4v) is 2.73. The molecule has 0 unspecified atom stereocenters. The van der Waals surface area contributed by atoms with Gasteiger partial charge in [0.05, 0.1) is 17.1 Å². The van der Waals surface area contributed by atoms with E-state index in [0.29, 0.717) is 17.8 Å². The maximum Gasteiger partial charge on any atom is 0.568 e. The molecule has 0 bridgehead atoms. The van der Waals surface area contributed by atoms with Crippen LogP contribution in [0.3, 0.4) is 0 Å². The van der Waals surface area contributed by atoms with Gasteiger partial charge in [-0.25, -0.2) is 0 Å². The standard InChI is InChI=1S/C18H27BN6/c1-13(2)16-7-10-23(20-16)19(24-11-8-17(21-24)14(3)4)25-12-9-18(22-25)15(5)6/h7-15H,1-6H3. The molecule has 3 aromatic heterocycles. The second-order valence-electron chi connectivity index (χ2n) is 7.47. The first kappa shape index (κ1) is 17.5. The Balaban J connectivity index is 2.05. The third-order valence-corrected chi connectivity index (χ3v) is 4.37. The van der Waals surface area contributed by atoms with Gasteiger partial charge in [0.15, 0.2) is 0 Å². The van der Waals surface area contributed by atoms with E-state index in [1.165, 1.54) is 0 Å². The molecular weight excluding hydrogens is 311 g/mol. The molecule has 3 aromatic rings. The molecule has 0 aliphatic carbocycles. The summed E-state index contributed by atoms with van der Waals surface area (Å²) in [6, 6.07) is 6.20. The molecule has 132 valence electrons. The van der Waals surface area contributed by atoms with Crippen molar-refractivity contribution in [3.05, 3.63) is 53.9 Å². The van der Waals surface area contributed by atoms with Gasteiger partial charge < -0.3 is 0 Å². The van der Waals surface area contributed by atoms with E-state index in [1.54, 1.807) is 0 Å². The van der Waals surface area contributed by atoms with E-state index in [9.17, 15) is 0 Å². The van der Waals surface area contributed by atoms with Gasteiger partial charge in [0.1, 0.15) is 0 Å². The molecule has 0 spiro atoms. The maximum atomic E-state index is 4.77. The predicted molar refractivity (Wildman–Crippen MR) is 101 cm³/mol. The van der Waals surface area contributed by atoms with Crippen LogP contribution in [0.15, 0.2) is 36.8 Å². The molecule has 6 nitrogen and oxygen atoms in total. The average Bonchev–Trinajstić information content (AvgIpc) is 3.28. The van der Waals surface area contributed by atoms with Gasteiger partial charge in [-0.15, -0.1) is 0 Å². The Morgan fingerprint density at radius 3 is 1.08 bits per heavy atom. The molecule has 0 amide bonds. The fraction of sp³-hybridized carbons (Fsp3) is 0.500. The average molecular weight is 338 g/mol. The predicted octanol–water partition coefficient (Wildman–Crippen LogP) is 3.58. The molecule has 3 rings (SSSR count). The Kier molecular flexibility index (Phi) is 4.83. The monoisotopic (exact) mass is 338 g/mol. The van der Waals surface area contributed by atoms with Gasteiger partial charge in [0.2, 0.25) is 0 Å². The van der Waals surface area contributed by atoms with Gasteiger partial charge in [-0.05, 0) is 36.0 Å². The molecule has 0 N–H and O–H groups in total. The molecule has 0 fully saturated rings. The van der Waals surface area contributed by atoms with Crippen LogP contribution in [0.4, 0.5) is 0 Å². The topological polar surface area (TPSA) is 53.5 Å². The third-order valence-electron chi connectivity index (χ3n) is 4.37. The quantitative estimate of drug-likeness (QED) is 0.646. The van der Waals surface area contributed by atoms with Gasteiger partial charge in [-0.3, -0.25) is 13.8 Å². The summed E-state index contributed by atoms with van der Waals surface area (Å²) < 4.78 is 5.80.